The van der Waals surface area contributed by atoms with Crippen LogP contribution in [0.5, 0.6) is 0 Å². The molecule has 45 heavy (non-hydrogen) atoms. The zero-order valence-electron chi connectivity index (χ0n) is 25.1. The summed E-state index contributed by atoms with van der Waals surface area (Å²) >= 11 is 0. The third-order valence-electron chi connectivity index (χ3n) is 7.17. The van der Waals surface area contributed by atoms with Crippen LogP contribution in [-0.4, -0.2) is 77.7 Å². The van der Waals surface area contributed by atoms with Crippen LogP contribution in [0, 0.1) is 0 Å². The fourth-order valence-electron chi connectivity index (χ4n) is 4.81. The molecule has 15 nitrogen and oxygen atoms in total. The van der Waals surface area contributed by atoms with E-state index in [1.165, 1.54) is 19.3 Å². The number of aliphatic hydroxyl groups is 2. The van der Waals surface area contributed by atoms with E-state index in [2.05, 4.69) is 12.2 Å². The molecule has 1 aliphatic heterocycles. The van der Waals surface area contributed by atoms with Crippen molar-refractivity contribution >= 4 is 22.3 Å². The zero-order chi connectivity index (χ0) is 32.8. The molecule has 3 rings (SSSR count). The van der Waals surface area contributed by atoms with Crippen LogP contribution < -0.4 is 21.3 Å². The maximum Gasteiger partial charge on any atom is 0.422 e. The number of ether oxygens (including phenoxy) is 2. The van der Waals surface area contributed by atoms with Crippen molar-refractivity contribution in [3.63, 3.8) is 0 Å². The number of H-pyrrole nitrogens is 1. The summed E-state index contributed by atoms with van der Waals surface area (Å²) in [4.78, 5) is 50.2. The Balaban J connectivity index is 1.48. The summed E-state index contributed by atoms with van der Waals surface area (Å²) in [6, 6.07) is 9.57. The second-order valence-corrected chi connectivity index (χ2v) is 12.2. The van der Waals surface area contributed by atoms with Crippen molar-refractivity contribution in [3.8, 4) is 0 Å². The average Bonchev–Trinajstić information content (AvgIpc) is 3.27. The molecule has 1 aromatic carbocycles. The van der Waals surface area contributed by atoms with Gasteiger partial charge in [-0.15, -0.1) is 0 Å². The maximum atomic E-state index is 12.6. The van der Waals surface area contributed by atoms with Crippen molar-refractivity contribution in [1.29, 1.82) is 0 Å². The van der Waals surface area contributed by atoms with Crippen molar-refractivity contribution in [1.82, 2.24) is 19.6 Å². The molecular weight excluding hydrogens is 612 g/mol. The van der Waals surface area contributed by atoms with Crippen molar-refractivity contribution in [2.24, 2.45) is 0 Å². The number of benzene rings is 1. The highest BCUT2D eigenvalue weighted by molar-refractivity contribution is 7.85. The van der Waals surface area contributed by atoms with Crippen LogP contribution in [-0.2, 0) is 35.2 Å². The van der Waals surface area contributed by atoms with E-state index < -0.39 is 64.8 Å². The quantitative estimate of drug-likeness (QED) is 0.143. The minimum absolute atomic E-state index is 0.204. The summed E-state index contributed by atoms with van der Waals surface area (Å²) in [6.45, 7) is 0.993. The largest absolute Gasteiger partial charge is 0.447 e. The molecule has 1 saturated heterocycles. The molecule has 250 valence electrons. The average molecular weight is 655 g/mol. The summed E-state index contributed by atoms with van der Waals surface area (Å²) in [5.74, 6) is -0.204. The number of amides is 2. The van der Waals surface area contributed by atoms with Gasteiger partial charge in [-0.05, 0) is 18.4 Å². The Morgan fingerprint density at radius 2 is 1.71 bits per heavy atom. The molecule has 0 bridgehead atoms. The van der Waals surface area contributed by atoms with Crippen molar-refractivity contribution < 1.29 is 41.9 Å². The van der Waals surface area contributed by atoms with Crippen LogP contribution in [0.3, 0.4) is 0 Å². The van der Waals surface area contributed by atoms with E-state index in [0.717, 1.165) is 48.1 Å². The molecule has 0 radical (unpaired) electrons. The van der Waals surface area contributed by atoms with Gasteiger partial charge in [0, 0.05) is 18.7 Å². The lowest BCUT2D eigenvalue weighted by Crippen LogP contribution is -2.42. The van der Waals surface area contributed by atoms with Gasteiger partial charge >= 0.3 is 22.1 Å². The molecule has 5 atom stereocenters. The highest BCUT2D eigenvalue weighted by Crippen LogP contribution is 2.28. The van der Waals surface area contributed by atoms with Gasteiger partial charge in [0.05, 0.1) is 12.6 Å². The highest BCUT2D eigenvalue weighted by Gasteiger charge is 2.45. The lowest BCUT2D eigenvalue weighted by Gasteiger charge is -2.19. The van der Waals surface area contributed by atoms with Crippen LogP contribution in [0.25, 0.3) is 0 Å². The first-order valence-corrected chi connectivity index (χ1v) is 16.4. The van der Waals surface area contributed by atoms with E-state index in [-0.39, 0.29) is 12.5 Å². The van der Waals surface area contributed by atoms with Crippen molar-refractivity contribution in [2.45, 2.75) is 95.3 Å². The lowest BCUT2D eigenvalue weighted by molar-refractivity contribution is -0.122. The van der Waals surface area contributed by atoms with Crippen molar-refractivity contribution in [2.75, 3.05) is 13.2 Å². The van der Waals surface area contributed by atoms with Gasteiger partial charge in [0.1, 0.15) is 24.9 Å². The minimum atomic E-state index is -4.76. The smallest absolute Gasteiger partial charge is 0.422 e. The number of hydrogen-bond donors (Lipinski definition) is 5. The summed E-state index contributed by atoms with van der Waals surface area (Å²) < 4.78 is 42.4. The first-order valence-electron chi connectivity index (χ1n) is 15.0. The maximum absolute atomic E-state index is 12.6. The number of nitrogens with zero attached hydrogens (tertiary/aromatic N) is 1. The molecule has 0 spiro atoms. The molecule has 2 aromatic rings. The molecule has 0 saturated carbocycles. The summed E-state index contributed by atoms with van der Waals surface area (Å²) in [5, 5.41) is 23.4. The topological polar surface area (TPSA) is 215 Å². The lowest BCUT2D eigenvalue weighted by atomic mass is 10.1. The van der Waals surface area contributed by atoms with E-state index in [1.54, 1.807) is 4.72 Å². The number of unbranched alkanes of at least 4 members (excludes halogenated alkanes) is 6. The Hall–Kier alpha value is -3.57. The van der Waals surface area contributed by atoms with Gasteiger partial charge in [0.2, 0.25) is 5.91 Å². The Bertz CT molecular complexity index is 1450. The monoisotopic (exact) mass is 654 g/mol. The van der Waals surface area contributed by atoms with Gasteiger partial charge in [-0.25, -0.2) is 9.59 Å². The number of hydrogen-bond acceptors (Lipinski definition) is 11. The number of aromatic nitrogens is 2. The fraction of sp³-hybridized carbons (Fsp3) is 0.586. The SMILES string of the molecule is CCCCCCCCCC(=O)NC(COC(=O)NS(=O)(=O)OCC1OC(n2ccc(=O)[nH]c2=O)C(O)C1O)Cc1ccccc1. The zero-order valence-corrected chi connectivity index (χ0v) is 25.9. The first kappa shape index (κ1) is 35.9. The minimum Gasteiger partial charge on any atom is -0.447 e. The van der Waals surface area contributed by atoms with Gasteiger partial charge in [0.25, 0.3) is 5.56 Å². The van der Waals surface area contributed by atoms with E-state index in [1.807, 2.05) is 35.3 Å². The van der Waals surface area contributed by atoms with E-state index >= 15 is 0 Å². The van der Waals surface area contributed by atoms with Gasteiger partial charge in [-0.1, -0.05) is 75.8 Å². The van der Waals surface area contributed by atoms with Gasteiger partial charge in [-0.2, -0.15) is 13.1 Å². The van der Waals surface area contributed by atoms with Crippen molar-refractivity contribution in [3.05, 3.63) is 69.0 Å². The Labute approximate surface area is 261 Å². The van der Waals surface area contributed by atoms with E-state index in [4.69, 9.17) is 13.7 Å². The van der Waals surface area contributed by atoms with Gasteiger partial charge in [0.15, 0.2) is 6.23 Å². The molecular formula is C29H42N4O11S. The number of aromatic amines is 1. The number of carbonyl (C=O) groups excluding carboxylic acids is 2. The Morgan fingerprint density at radius 1 is 1.02 bits per heavy atom. The number of nitrogens with one attached hydrogen (secondary N) is 3. The molecule has 2 amide bonds. The summed E-state index contributed by atoms with van der Waals surface area (Å²) in [5.41, 5.74) is -0.735. The standard InChI is InChI=1S/C29H42N4O11S/c1-2-3-4-5-6-7-11-14-23(34)30-21(17-20-12-9-8-10-13-20)18-42-29(39)32-45(40,41)43-19-22-25(36)26(37)27(44-22)33-16-15-24(35)31-28(33)38/h8-10,12-13,15-16,21-22,25-27,36-37H,2-7,11,14,17-19H2,1H3,(H,30,34)(H,32,39)(H,31,35,38). The van der Waals surface area contributed by atoms with Gasteiger partial charge < -0.3 is 25.0 Å². The van der Waals surface area contributed by atoms with Gasteiger partial charge in [-0.3, -0.25) is 23.3 Å². The predicted molar refractivity (Wildman–Crippen MR) is 161 cm³/mol. The molecule has 1 fully saturated rings. The van der Waals surface area contributed by atoms with Crippen LogP contribution in [0.4, 0.5) is 4.79 Å². The second kappa shape index (κ2) is 17.8. The first-order chi connectivity index (χ1) is 21.5. The van der Waals surface area contributed by atoms with Crippen LogP contribution in [0.2, 0.25) is 0 Å². The van der Waals surface area contributed by atoms with E-state index in [9.17, 15) is 37.8 Å². The molecule has 0 aliphatic carbocycles. The Kier molecular flexibility index (Phi) is 14.2. The van der Waals surface area contributed by atoms with Crippen LogP contribution in [0.1, 0.15) is 70.1 Å². The highest BCUT2D eigenvalue weighted by atomic mass is 32.2. The summed E-state index contributed by atoms with van der Waals surface area (Å²) in [7, 11) is -4.76. The van der Waals surface area contributed by atoms with E-state index in [0.29, 0.717) is 12.8 Å². The third-order valence-corrected chi connectivity index (χ3v) is 8.03. The summed E-state index contributed by atoms with van der Waals surface area (Å²) in [6.07, 6.45) is 1.55. The number of aliphatic hydroxyl groups excluding tert-OH is 2. The number of carbonyl (C=O) groups is 2. The molecule has 16 heteroatoms. The number of rotatable bonds is 18. The molecule has 5 unspecified atom stereocenters. The predicted octanol–water partition coefficient (Wildman–Crippen LogP) is 1.01. The van der Waals surface area contributed by atoms with Crippen LogP contribution in [0.15, 0.2) is 52.2 Å². The molecule has 1 aliphatic rings. The normalized spacial score (nSPS) is 20.4. The third kappa shape index (κ3) is 12.0. The molecule has 2 heterocycles. The van der Waals surface area contributed by atoms with Crippen LogP contribution >= 0.6 is 0 Å². The molecule has 1 aromatic heterocycles. The Morgan fingerprint density at radius 3 is 2.40 bits per heavy atom. The second-order valence-electron chi connectivity index (χ2n) is 10.8. The fourth-order valence-corrected chi connectivity index (χ4v) is 5.45. The molecule has 5 N–H and O–H groups in total.